The molecule has 0 amide bonds. The molecule has 0 aliphatic rings. The van der Waals surface area contributed by atoms with Crippen LogP contribution in [0.5, 0.6) is 0 Å². The first-order valence-corrected chi connectivity index (χ1v) is 6.12. The molecule has 1 aromatic carbocycles. The van der Waals surface area contributed by atoms with Gasteiger partial charge in [-0.2, -0.15) is 0 Å². The van der Waals surface area contributed by atoms with Crippen molar-refractivity contribution in [2.24, 2.45) is 0 Å². The Morgan fingerprint density at radius 3 is 2.44 bits per heavy atom. The molecule has 0 bridgehead atoms. The summed E-state index contributed by atoms with van der Waals surface area (Å²) in [6, 6.07) is 15.2. The van der Waals surface area contributed by atoms with Crippen molar-refractivity contribution in [3.63, 3.8) is 0 Å². The zero-order valence-electron chi connectivity index (χ0n) is 8.61. The minimum absolute atomic E-state index is 0.578. The van der Waals surface area contributed by atoms with Gasteiger partial charge in [0.25, 0.3) is 0 Å². The molecule has 80 valence electrons. The Balaban J connectivity index is 2.08. The van der Waals surface area contributed by atoms with Crippen LogP contribution in [0.3, 0.4) is 0 Å². The minimum atomic E-state index is -1.18. The fourth-order valence-electron chi connectivity index (χ4n) is 1.24. The van der Waals surface area contributed by atoms with Gasteiger partial charge in [-0.15, -0.1) is 0 Å². The zero-order valence-corrected chi connectivity index (χ0v) is 9.43. The molecule has 0 aliphatic heterocycles. The van der Waals surface area contributed by atoms with Gasteiger partial charge in [-0.3, -0.25) is 0 Å². The van der Waals surface area contributed by atoms with Crippen molar-refractivity contribution in [1.82, 2.24) is 4.98 Å². The molecule has 2 nitrogen and oxygen atoms in total. The molecular formula is C13H11NOS. The Bertz CT molecular complexity index is 456. The summed E-state index contributed by atoms with van der Waals surface area (Å²) in [5.74, 6) is 0. The average molecular weight is 229 g/mol. The van der Waals surface area contributed by atoms with Gasteiger partial charge in [-0.25, -0.2) is 4.98 Å². The van der Waals surface area contributed by atoms with Crippen LogP contribution in [0.4, 0.5) is 0 Å². The predicted molar refractivity (Wildman–Crippen MR) is 66.1 cm³/mol. The highest BCUT2D eigenvalue weighted by atomic mass is 32.2. The first kappa shape index (κ1) is 10.9. The molecule has 1 aromatic heterocycles. The molecule has 2 aromatic rings. The molecule has 0 spiro atoms. The monoisotopic (exact) mass is 229 g/mol. The Labute approximate surface area is 97.8 Å². The van der Waals surface area contributed by atoms with Crippen molar-refractivity contribution >= 4 is 17.3 Å². The van der Waals surface area contributed by atoms with E-state index in [2.05, 4.69) is 4.98 Å². The van der Waals surface area contributed by atoms with E-state index in [0.717, 1.165) is 5.56 Å². The molecule has 0 saturated heterocycles. The van der Waals surface area contributed by atoms with Crippen LogP contribution in [0.25, 0.3) is 6.08 Å². The predicted octanol–water partition coefficient (Wildman–Crippen LogP) is 2.86. The maximum Gasteiger partial charge on any atom is 0.249 e. The van der Waals surface area contributed by atoms with Gasteiger partial charge in [-0.05, 0) is 17.7 Å². The van der Waals surface area contributed by atoms with E-state index in [-0.39, 0.29) is 0 Å². The molecule has 0 N–H and O–H groups in total. The standard InChI is InChI=1S/C13H11NOS/c15-16(13-8-4-5-10-14-13)11-9-12-6-2-1-3-7-12/h1-11H/t16-/m1/s1. The SMILES string of the molecule is [O-][S@+](C=Cc1ccccc1)c1ccccn1. The van der Waals surface area contributed by atoms with Gasteiger partial charge in [0.15, 0.2) is 0 Å². The molecule has 3 heteroatoms. The van der Waals surface area contributed by atoms with Gasteiger partial charge < -0.3 is 4.55 Å². The first-order valence-electron chi connectivity index (χ1n) is 4.91. The smallest absolute Gasteiger partial charge is 0.249 e. The van der Waals surface area contributed by atoms with Gasteiger partial charge in [0, 0.05) is 23.4 Å². The van der Waals surface area contributed by atoms with E-state index in [1.54, 1.807) is 17.7 Å². The fraction of sp³-hybridized carbons (Fsp3) is 0. The highest BCUT2D eigenvalue weighted by molar-refractivity contribution is 7.94. The average Bonchev–Trinajstić information content (AvgIpc) is 2.38. The van der Waals surface area contributed by atoms with Gasteiger partial charge in [-0.1, -0.05) is 36.4 Å². The molecule has 16 heavy (non-hydrogen) atoms. The highest BCUT2D eigenvalue weighted by Crippen LogP contribution is 2.10. The van der Waals surface area contributed by atoms with Crippen molar-refractivity contribution in [3.8, 4) is 0 Å². The first-order chi connectivity index (χ1) is 7.86. The van der Waals surface area contributed by atoms with Gasteiger partial charge in [0.2, 0.25) is 5.03 Å². The van der Waals surface area contributed by atoms with Crippen LogP contribution in [-0.2, 0) is 11.2 Å². The summed E-state index contributed by atoms with van der Waals surface area (Å²) in [6.07, 6.45) is 3.48. The van der Waals surface area contributed by atoms with Crippen LogP contribution in [0.2, 0.25) is 0 Å². The summed E-state index contributed by atoms with van der Waals surface area (Å²) in [4.78, 5) is 4.04. The summed E-state index contributed by atoms with van der Waals surface area (Å²) in [6.45, 7) is 0. The second-order valence-electron chi connectivity index (χ2n) is 3.18. The maximum atomic E-state index is 11.8. The van der Waals surface area contributed by atoms with E-state index in [1.807, 2.05) is 48.5 Å². The summed E-state index contributed by atoms with van der Waals surface area (Å²) < 4.78 is 11.8. The molecule has 1 heterocycles. The lowest BCUT2D eigenvalue weighted by Crippen LogP contribution is -1.98. The molecule has 0 saturated carbocycles. The second-order valence-corrected chi connectivity index (χ2v) is 4.46. The van der Waals surface area contributed by atoms with Crippen LogP contribution >= 0.6 is 0 Å². The lowest BCUT2D eigenvalue weighted by atomic mass is 10.2. The summed E-state index contributed by atoms with van der Waals surface area (Å²) in [7, 11) is 0. The van der Waals surface area contributed by atoms with E-state index in [4.69, 9.17) is 0 Å². The number of benzene rings is 1. The molecule has 0 aliphatic carbocycles. The molecule has 1 atom stereocenters. The highest BCUT2D eigenvalue weighted by Gasteiger charge is 2.06. The van der Waals surface area contributed by atoms with E-state index in [1.165, 1.54) is 0 Å². The van der Waals surface area contributed by atoms with Crippen molar-refractivity contribution in [2.75, 3.05) is 0 Å². The molecular weight excluding hydrogens is 218 g/mol. The van der Waals surface area contributed by atoms with Crippen molar-refractivity contribution in [2.45, 2.75) is 5.03 Å². The van der Waals surface area contributed by atoms with Crippen LogP contribution < -0.4 is 0 Å². The summed E-state index contributed by atoms with van der Waals surface area (Å²) >= 11 is -1.18. The third-order valence-electron chi connectivity index (χ3n) is 2.03. The minimum Gasteiger partial charge on any atom is -0.606 e. The van der Waals surface area contributed by atoms with E-state index < -0.39 is 11.2 Å². The van der Waals surface area contributed by atoms with E-state index in [0.29, 0.717) is 5.03 Å². The quantitative estimate of drug-likeness (QED) is 0.759. The fourth-order valence-corrected chi connectivity index (χ4v) is 2.04. The van der Waals surface area contributed by atoms with Gasteiger partial charge in [0.1, 0.15) is 5.41 Å². The second kappa shape index (κ2) is 5.49. The molecule has 0 unspecified atom stereocenters. The largest absolute Gasteiger partial charge is 0.606 e. The van der Waals surface area contributed by atoms with Crippen molar-refractivity contribution < 1.29 is 4.55 Å². The lowest BCUT2D eigenvalue weighted by Gasteiger charge is -2.02. The van der Waals surface area contributed by atoms with Gasteiger partial charge in [0.05, 0.1) is 0 Å². The summed E-state index contributed by atoms with van der Waals surface area (Å²) in [5.41, 5.74) is 1.03. The number of pyridine rings is 1. The Morgan fingerprint density at radius 1 is 1.00 bits per heavy atom. The van der Waals surface area contributed by atoms with Crippen molar-refractivity contribution in [1.29, 1.82) is 0 Å². The zero-order chi connectivity index (χ0) is 11.2. The Hall–Kier alpha value is -1.58. The lowest BCUT2D eigenvalue weighted by molar-refractivity contribution is 0.600. The Morgan fingerprint density at radius 2 is 1.75 bits per heavy atom. The number of aromatic nitrogens is 1. The third kappa shape index (κ3) is 2.95. The van der Waals surface area contributed by atoms with Crippen LogP contribution in [0, 0.1) is 0 Å². The maximum absolute atomic E-state index is 11.8. The molecule has 0 radical (unpaired) electrons. The van der Waals surface area contributed by atoms with Crippen LogP contribution in [0.1, 0.15) is 5.56 Å². The third-order valence-corrected chi connectivity index (χ3v) is 3.06. The number of nitrogens with zero attached hydrogens (tertiary/aromatic N) is 1. The topological polar surface area (TPSA) is 36.0 Å². The Kier molecular flexibility index (Phi) is 3.75. The van der Waals surface area contributed by atoms with Crippen LogP contribution in [0.15, 0.2) is 65.2 Å². The number of hydrogen-bond acceptors (Lipinski definition) is 2. The normalized spacial score (nSPS) is 12.8. The van der Waals surface area contributed by atoms with Crippen molar-refractivity contribution in [3.05, 3.63) is 65.7 Å². The number of hydrogen-bond donors (Lipinski definition) is 0. The van der Waals surface area contributed by atoms with E-state index in [9.17, 15) is 4.55 Å². The molecule has 0 fully saturated rings. The van der Waals surface area contributed by atoms with Gasteiger partial charge >= 0.3 is 0 Å². The van der Waals surface area contributed by atoms with E-state index >= 15 is 0 Å². The number of rotatable bonds is 3. The summed E-state index contributed by atoms with van der Waals surface area (Å²) in [5, 5.41) is 2.23. The van der Waals surface area contributed by atoms with Crippen LogP contribution in [-0.4, -0.2) is 9.54 Å². The molecule has 2 rings (SSSR count).